The molecule has 1 amide bonds. The molecule has 0 aliphatic heterocycles. The number of ether oxygens (including phenoxy) is 2. The second-order valence-electron chi connectivity index (χ2n) is 6.92. The summed E-state index contributed by atoms with van der Waals surface area (Å²) in [7, 11) is 3.13. The van der Waals surface area contributed by atoms with Crippen molar-refractivity contribution in [2.75, 3.05) is 19.5 Å². The molecule has 0 aliphatic rings. The standard InChI is InChI=1S/C25H22N2O4/c1-16-8-4-6-10-20(16)26-24(28)19-14-17-9-5-7-11-22(17)31-25(19)27-21-13-12-18(29-2)15-23(21)30-3/h4-15H,1-3H3,(H,26,28). The summed E-state index contributed by atoms with van der Waals surface area (Å²) in [6.07, 6.45) is 0. The quantitative estimate of drug-likeness (QED) is 0.484. The van der Waals surface area contributed by atoms with Crippen molar-refractivity contribution in [3.8, 4) is 11.5 Å². The van der Waals surface area contributed by atoms with E-state index in [1.165, 1.54) is 0 Å². The van der Waals surface area contributed by atoms with Crippen LogP contribution in [0, 0.1) is 6.92 Å². The van der Waals surface area contributed by atoms with Crippen LogP contribution in [-0.2, 0) is 0 Å². The van der Waals surface area contributed by atoms with E-state index in [1.807, 2.05) is 55.5 Å². The fourth-order valence-electron chi connectivity index (χ4n) is 3.20. The van der Waals surface area contributed by atoms with Crippen LogP contribution in [0.15, 0.2) is 82.2 Å². The van der Waals surface area contributed by atoms with E-state index >= 15 is 0 Å². The summed E-state index contributed by atoms with van der Waals surface area (Å²) in [6.45, 7) is 1.94. The molecule has 0 spiro atoms. The van der Waals surface area contributed by atoms with Crippen molar-refractivity contribution in [2.24, 2.45) is 4.99 Å². The predicted octanol–water partition coefficient (Wildman–Crippen LogP) is 5.24. The number of aryl methyl sites for hydroxylation is 1. The van der Waals surface area contributed by atoms with Crippen molar-refractivity contribution < 1.29 is 18.7 Å². The monoisotopic (exact) mass is 414 g/mol. The Balaban J connectivity index is 1.87. The van der Waals surface area contributed by atoms with Crippen molar-refractivity contribution in [1.82, 2.24) is 0 Å². The van der Waals surface area contributed by atoms with Crippen LogP contribution in [0.25, 0.3) is 11.0 Å². The number of carbonyl (C=O) groups is 1. The lowest BCUT2D eigenvalue weighted by Gasteiger charge is -2.10. The maximum atomic E-state index is 13.2. The van der Waals surface area contributed by atoms with Crippen LogP contribution in [0.4, 0.5) is 11.4 Å². The SMILES string of the molecule is COc1ccc(N=c2oc3ccccc3cc2C(=O)Nc2ccccc2C)c(OC)c1. The number of para-hydroxylation sites is 2. The molecule has 6 heteroatoms. The molecule has 0 fully saturated rings. The molecule has 31 heavy (non-hydrogen) atoms. The van der Waals surface area contributed by atoms with E-state index in [2.05, 4.69) is 10.3 Å². The second kappa shape index (κ2) is 8.75. The number of nitrogens with zero attached hydrogens (tertiary/aromatic N) is 1. The van der Waals surface area contributed by atoms with Crippen LogP contribution in [0.5, 0.6) is 11.5 Å². The van der Waals surface area contributed by atoms with Crippen molar-refractivity contribution >= 4 is 28.3 Å². The van der Waals surface area contributed by atoms with Crippen LogP contribution < -0.4 is 20.3 Å². The summed E-state index contributed by atoms with van der Waals surface area (Å²) in [4.78, 5) is 17.8. The molecule has 0 unspecified atom stereocenters. The van der Waals surface area contributed by atoms with Crippen molar-refractivity contribution in [3.05, 3.63) is 89.5 Å². The first-order chi connectivity index (χ1) is 15.1. The highest BCUT2D eigenvalue weighted by Crippen LogP contribution is 2.31. The molecule has 4 aromatic rings. The Bertz CT molecular complexity index is 1320. The van der Waals surface area contributed by atoms with Crippen LogP contribution >= 0.6 is 0 Å². The lowest BCUT2D eigenvalue weighted by atomic mass is 10.1. The summed E-state index contributed by atoms with van der Waals surface area (Å²) in [5.41, 5.74) is 3.35. The van der Waals surface area contributed by atoms with Crippen LogP contribution in [0.1, 0.15) is 15.9 Å². The molecule has 3 aromatic carbocycles. The first-order valence-electron chi connectivity index (χ1n) is 9.75. The number of hydrogen-bond acceptors (Lipinski definition) is 5. The Morgan fingerprint density at radius 1 is 0.935 bits per heavy atom. The van der Waals surface area contributed by atoms with Crippen LogP contribution in [0.3, 0.4) is 0 Å². The van der Waals surface area contributed by atoms with Gasteiger partial charge in [0.1, 0.15) is 28.3 Å². The van der Waals surface area contributed by atoms with Gasteiger partial charge in [-0.1, -0.05) is 36.4 Å². The van der Waals surface area contributed by atoms with E-state index in [0.717, 1.165) is 16.6 Å². The average molecular weight is 414 g/mol. The molecular weight excluding hydrogens is 392 g/mol. The first kappa shape index (κ1) is 20.2. The molecular formula is C25H22N2O4. The first-order valence-corrected chi connectivity index (χ1v) is 9.75. The molecule has 0 atom stereocenters. The minimum atomic E-state index is -0.310. The van der Waals surface area contributed by atoms with E-state index in [-0.39, 0.29) is 11.5 Å². The van der Waals surface area contributed by atoms with Crippen molar-refractivity contribution in [2.45, 2.75) is 6.92 Å². The Morgan fingerprint density at radius 2 is 1.71 bits per heavy atom. The summed E-state index contributed by atoms with van der Waals surface area (Å²) >= 11 is 0. The smallest absolute Gasteiger partial charge is 0.261 e. The number of amides is 1. The minimum absolute atomic E-state index is 0.188. The number of carbonyl (C=O) groups excluding carboxylic acids is 1. The van der Waals surface area contributed by atoms with Gasteiger partial charge < -0.3 is 19.2 Å². The van der Waals surface area contributed by atoms with Gasteiger partial charge in [-0.05, 0) is 42.8 Å². The zero-order valence-corrected chi connectivity index (χ0v) is 17.5. The number of fused-ring (bicyclic) bond motifs is 1. The minimum Gasteiger partial charge on any atom is -0.497 e. The van der Waals surface area contributed by atoms with Gasteiger partial charge in [0, 0.05) is 17.1 Å². The van der Waals surface area contributed by atoms with Gasteiger partial charge in [0.15, 0.2) is 0 Å². The predicted molar refractivity (Wildman–Crippen MR) is 120 cm³/mol. The third kappa shape index (κ3) is 4.28. The summed E-state index contributed by atoms with van der Waals surface area (Å²) < 4.78 is 16.7. The fourth-order valence-corrected chi connectivity index (χ4v) is 3.20. The molecule has 1 heterocycles. The summed E-state index contributed by atoms with van der Waals surface area (Å²) in [6, 6.07) is 22.1. The number of benzene rings is 3. The highest BCUT2D eigenvalue weighted by molar-refractivity contribution is 6.05. The zero-order chi connectivity index (χ0) is 21.8. The molecule has 0 bridgehead atoms. The third-order valence-corrected chi connectivity index (χ3v) is 4.90. The normalized spacial score (nSPS) is 11.4. The fraction of sp³-hybridized carbons (Fsp3) is 0.120. The van der Waals surface area contributed by atoms with Crippen molar-refractivity contribution in [3.63, 3.8) is 0 Å². The Hall–Kier alpha value is -4.06. The maximum absolute atomic E-state index is 13.2. The van der Waals surface area contributed by atoms with Gasteiger partial charge >= 0.3 is 0 Å². The molecule has 1 aromatic heterocycles. The molecule has 0 aliphatic carbocycles. The van der Waals surface area contributed by atoms with Crippen LogP contribution in [-0.4, -0.2) is 20.1 Å². The lowest BCUT2D eigenvalue weighted by molar-refractivity contribution is 0.102. The molecule has 6 nitrogen and oxygen atoms in total. The molecule has 4 rings (SSSR count). The van der Waals surface area contributed by atoms with Gasteiger partial charge in [-0.3, -0.25) is 4.79 Å². The van der Waals surface area contributed by atoms with Gasteiger partial charge in [0.25, 0.3) is 5.91 Å². The van der Waals surface area contributed by atoms with Gasteiger partial charge in [0.2, 0.25) is 5.55 Å². The number of nitrogens with one attached hydrogen (secondary N) is 1. The topological polar surface area (TPSA) is 73.1 Å². The highest BCUT2D eigenvalue weighted by Gasteiger charge is 2.15. The van der Waals surface area contributed by atoms with E-state index < -0.39 is 0 Å². The van der Waals surface area contributed by atoms with Gasteiger partial charge in [-0.2, -0.15) is 0 Å². The zero-order valence-electron chi connectivity index (χ0n) is 17.5. The van der Waals surface area contributed by atoms with Crippen LogP contribution in [0.2, 0.25) is 0 Å². The highest BCUT2D eigenvalue weighted by atomic mass is 16.5. The molecule has 0 radical (unpaired) electrons. The van der Waals surface area contributed by atoms with Crippen molar-refractivity contribution in [1.29, 1.82) is 0 Å². The Kier molecular flexibility index (Phi) is 5.71. The maximum Gasteiger partial charge on any atom is 0.261 e. The van der Waals surface area contributed by atoms with E-state index in [0.29, 0.717) is 28.3 Å². The van der Waals surface area contributed by atoms with Gasteiger partial charge in [0.05, 0.1) is 14.2 Å². The van der Waals surface area contributed by atoms with E-state index in [1.54, 1.807) is 38.5 Å². The number of methoxy groups -OCH3 is 2. The third-order valence-electron chi connectivity index (χ3n) is 4.90. The van der Waals surface area contributed by atoms with Gasteiger partial charge in [-0.15, -0.1) is 0 Å². The summed E-state index contributed by atoms with van der Waals surface area (Å²) in [5, 5.41) is 3.76. The van der Waals surface area contributed by atoms with E-state index in [4.69, 9.17) is 13.9 Å². The number of rotatable bonds is 5. The van der Waals surface area contributed by atoms with E-state index in [9.17, 15) is 4.79 Å². The average Bonchev–Trinajstić information content (AvgIpc) is 2.80. The summed E-state index contributed by atoms with van der Waals surface area (Å²) in [5.74, 6) is 0.840. The molecule has 1 N–H and O–H groups in total. The second-order valence-corrected chi connectivity index (χ2v) is 6.92. The Morgan fingerprint density at radius 3 is 2.48 bits per heavy atom. The molecule has 0 saturated carbocycles. The largest absolute Gasteiger partial charge is 0.497 e. The number of hydrogen-bond donors (Lipinski definition) is 1. The molecule has 156 valence electrons. The lowest BCUT2D eigenvalue weighted by Crippen LogP contribution is -2.22. The number of anilines is 1. The Labute approximate surface area is 179 Å². The van der Waals surface area contributed by atoms with Gasteiger partial charge in [-0.25, -0.2) is 4.99 Å². The molecule has 0 saturated heterocycles.